The van der Waals surface area contributed by atoms with Gasteiger partial charge in [0.2, 0.25) is 0 Å². The van der Waals surface area contributed by atoms with E-state index in [2.05, 4.69) is 38.0 Å². The van der Waals surface area contributed by atoms with Crippen LogP contribution in [-0.4, -0.2) is 37.1 Å². The first-order valence-electron chi connectivity index (χ1n) is 8.82. The van der Waals surface area contributed by atoms with Crippen molar-refractivity contribution in [3.63, 3.8) is 0 Å². The molecular weight excluding hydrogens is 244 g/mol. The molecule has 2 nitrogen and oxygen atoms in total. The molecule has 2 saturated carbocycles. The lowest BCUT2D eigenvalue weighted by atomic mass is 9.73. The summed E-state index contributed by atoms with van der Waals surface area (Å²) < 4.78 is 0. The molecule has 0 unspecified atom stereocenters. The Morgan fingerprint density at radius 2 is 1.70 bits per heavy atom. The van der Waals surface area contributed by atoms with Crippen LogP contribution in [0.1, 0.15) is 72.1 Å². The molecule has 0 bridgehead atoms. The highest BCUT2D eigenvalue weighted by molar-refractivity contribution is 4.90. The Morgan fingerprint density at radius 3 is 2.20 bits per heavy atom. The molecule has 0 aliphatic heterocycles. The number of nitrogens with zero attached hydrogens (tertiary/aromatic N) is 1. The fraction of sp³-hybridized carbons (Fsp3) is 1.00. The van der Waals surface area contributed by atoms with Crippen LogP contribution in [0.4, 0.5) is 0 Å². The Balaban J connectivity index is 1.87. The molecule has 0 radical (unpaired) electrons. The third kappa shape index (κ3) is 5.04. The van der Waals surface area contributed by atoms with Crippen molar-refractivity contribution in [2.24, 2.45) is 11.3 Å². The van der Waals surface area contributed by atoms with Crippen LogP contribution in [0.3, 0.4) is 0 Å². The number of hydrogen-bond donors (Lipinski definition) is 1. The second-order valence-corrected chi connectivity index (χ2v) is 8.66. The van der Waals surface area contributed by atoms with Crippen LogP contribution in [0, 0.1) is 11.3 Å². The van der Waals surface area contributed by atoms with E-state index in [-0.39, 0.29) is 5.54 Å². The SMILES string of the molecule is CN(CC1CCC1)CC1(CNC(C)(C)C)CCCCC1. The van der Waals surface area contributed by atoms with Crippen LogP contribution in [0.25, 0.3) is 0 Å². The summed E-state index contributed by atoms with van der Waals surface area (Å²) >= 11 is 0. The van der Waals surface area contributed by atoms with E-state index in [1.807, 2.05) is 0 Å². The van der Waals surface area contributed by atoms with Crippen molar-refractivity contribution in [3.8, 4) is 0 Å². The van der Waals surface area contributed by atoms with E-state index in [1.165, 1.54) is 71.0 Å². The number of nitrogens with one attached hydrogen (secondary N) is 1. The normalized spacial score (nSPS) is 23.9. The molecule has 20 heavy (non-hydrogen) atoms. The lowest BCUT2D eigenvalue weighted by molar-refractivity contribution is 0.0900. The number of rotatable bonds is 6. The summed E-state index contributed by atoms with van der Waals surface area (Å²) in [6.07, 6.45) is 11.6. The first-order valence-corrected chi connectivity index (χ1v) is 8.82. The summed E-state index contributed by atoms with van der Waals surface area (Å²) in [5.74, 6) is 0.996. The molecule has 1 N–H and O–H groups in total. The molecule has 2 heteroatoms. The van der Waals surface area contributed by atoms with E-state index < -0.39 is 0 Å². The smallest absolute Gasteiger partial charge is 0.00967 e. The van der Waals surface area contributed by atoms with Crippen LogP contribution >= 0.6 is 0 Å². The third-order valence-corrected chi connectivity index (χ3v) is 5.31. The first kappa shape index (κ1) is 16.3. The molecule has 0 aromatic heterocycles. The number of hydrogen-bond acceptors (Lipinski definition) is 2. The van der Waals surface area contributed by atoms with Gasteiger partial charge in [0.15, 0.2) is 0 Å². The standard InChI is InChI=1S/C18H36N2/c1-17(2,3)19-14-18(11-6-5-7-12-18)15-20(4)13-16-9-8-10-16/h16,19H,5-15H2,1-4H3. The molecule has 0 amide bonds. The van der Waals surface area contributed by atoms with Crippen molar-refractivity contribution in [1.29, 1.82) is 0 Å². The molecule has 0 saturated heterocycles. The second-order valence-electron chi connectivity index (χ2n) is 8.66. The maximum absolute atomic E-state index is 3.79. The van der Waals surface area contributed by atoms with E-state index in [1.54, 1.807) is 0 Å². The Hall–Kier alpha value is -0.0800. The van der Waals surface area contributed by atoms with Gasteiger partial charge < -0.3 is 10.2 Å². The third-order valence-electron chi connectivity index (χ3n) is 5.31. The zero-order chi connectivity index (χ0) is 14.6. The summed E-state index contributed by atoms with van der Waals surface area (Å²) in [5.41, 5.74) is 0.779. The molecule has 2 aliphatic carbocycles. The van der Waals surface area contributed by atoms with E-state index in [9.17, 15) is 0 Å². The van der Waals surface area contributed by atoms with Crippen molar-refractivity contribution in [3.05, 3.63) is 0 Å². The van der Waals surface area contributed by atoms with Gasteiger partial charge in [0.05, 0.1) is 0 Å². The Bertz CT molecular complexity index is 282. The maximum atomic E-state index is 3.79. The lowest BCUT2D eigenvalue weighted by Gasteiger charge is -2.43. The van der Waals surface area contributed by atoms with Gasteiger partial charge in [-0.3, -0.25) is 0 Å². The van der Waals surface area contributed by atoms with E-state index >= 15 is 0 Å². The largest absolute Gasteiger partial charge is 0.311 e. The predicted octanol–water partition coefficient (Wildman–Crippen LogP) is 4.06. The molecule has 0 aromatic carbocycles. The predicted molar refractivity (Wildman–Crippen MR) is 88.1 cm³/mol. The highest BCUT2D eigenvalue weighted by Gasteiger charge is 2.34. The molecule has 118 valence electrons. The second kappa shape index (κ2) is 6.79. The van der Waals surface area contributed by atoms with Crippen molar-refractivity contribution < 1.29 is 0 Å². The van der Waals surface area contributed by atoms with Crippen LogP contribution in [0.2, 0.25) is 0 Å². The maximum Gasteiger partial charge on any atom is 0.00967 e. The summed E-state index contributed by atoms with van der Waals surface area (Å²) in [5, 5.41) is 3.79. The van der Waals surface area contributed by atoms with Gasteiger partial charge in [-0.25, -0.2) is 0 Å². The van der Waals surface area contributed by atoms with Crippen LogP contribution in [0.5, 0.6) is 0 Å². The molecule has 0 heterocycles. The minimum atomic E-state index is 0.247. The molecule has 0 spiro atoms. The fourth-order valence-electron chi connectivity index (χ4n) is 3.90. The van der Waals surface area contributed by atoms with Gasteiger partial charge in [-0.1, -0.05) is 25.7 Å². The highest BCUT2D eigenvalue weighted by Crippen LogP contribution is 2.37. The summed E-state index contributed by atoms with van der Waals surface area (Å²) in [7, 11) is 2.35. The van der Waals surface area contributed by atoms with Crippen molar-refractivity contribution in [2.45, 2.75) is 77.7 Å². The van der Waals surface area contributed by atoms with Crippen LogP contribution in [0.15, 0.2) is 0 Å². The van der Waals surface area contributed by atoms with Gasteiger partial charge in [-0.2, -0.15) is 0 Å². The minimum absolute atomic E-state index is 0.247. The minimum Gasteiger partial charge on any atom is -0.311 e. The highest BCUT2D eigenvalue weighted by atomic mass is 15.1. The van der Waals surface area contributed by atoms with Gasteiger partial charge in [0.1, 0.15) is 0 Å². The van der Waals surface area contributed by atoms with Gasteiger partial charge >= 0.3 is 0 Å². The monoisotopic (exact) mass is 280 g/mol. The summed E-state index contributed by atoms with van der Waals surface area (Å²) in [6.45, 7) is 10.7. The molecule has 0 atom stereocenters. The van der Waals surface area contributed by atoms with Crippen molar-refractivity contribution in [1.82, 2.24) is 10.2 Å². The van der Waals surface area contributed by atoms with Gasteiger partial charge in [0.25, 0.3) is 0 Å². The molecule has 2 aliphatic rings. The molecule has 2 fully saturated rings. The van der Waals surface area contributed by atoms with E-state index in [0.29, 0.717) is 5.41 Å². The average Bonchev–Trinajstić information content (AvgIpc) is 2.32. The molecule has 2 rings (SSSR count). The first-order chi connectivity index (χ1) is 9.39. The van der Waals surface area contributed by atoms with E-state index in [0.717, 1.165) is 5.92 Å². The Labute approximate surface area is 126 Å². The van der Waals surface area contributed by atoms with Crippen LogP contribution in [-0.2, 0) is 0 Å². The zero-order valence-electron chi connectivity index (χ0n) is 14.3. The Kier molecular flexibility index (Phi) is 5.53. The van der Waals surface area contributed by atoms with Gasteiger partial charge in [0, 0.05) is 25.2 Å². The van der Waals surface area contributed by atoms with Crippen molar-refractivity contribution >= 4 is 0 Å². The Morgan fingerprint density at radius 1 is 1.05 bits per heavy atom. The van der Waals surface area contributed by atoms with Gasteiger partial charge in [-0.05, 0) is 64.8 Å². The summed E-state index contributed by atoms with van der Waals surface area (Å²) in [4.78, 5) is 2.64. The zero-order valence-corrected chi connectivity index (χ0v) is 14.3. The van der Waals surface area contributed by atoms with Crippen LogP contribution < -0.4 is 5.32 Å². The van der Waals surface area contributed by atoms with E-state index in [4.69, 9.17) is 0 Å². The summed E-state index contributed by atoms with van der Waals surface area (Å²) in [6, 6.07) is 0. The average molecular weight is 281 g/mol. The fourth-order valence-corrected chi connectivity index (χ4v) is 3.90. The molecular formula is C18H36N2. The lowest BCUT2D eigenvalue weighted by Crippen LogP contribution is -2.49. The topological polar surface area (TPSA) is 15.3 Å². The van der Waals surface area contributed by atoms with Crippen molar-refractivity contribution in [2.75, 3.05) is 26.7 Å². The van der Waals surface area contributed by atoms with Gasteiger partial charge in [-0.15, -0.1) is 0 Å². The quantitative estimate of drug-likeness (QED) is 0.789. The molecule has 0 aromatic rings.